The average Bonchev–Trinajstić information content (AvgIpc) is 2.33. The summed E-state index contributed by atoms with van der Waals surface area (Å²) in [5.74, 6) is -0.545. The van der Waals surface area contributed by atoms with Gasteiger partial charge in [0.15, 0.2) is 11.6 Å². The van der Waals surface area contributed by atoms with E-state index in [1.807, 2.05) is 0 Å². The molecule has 6 heteroatoms. The minimum absolute atomic E-state index is 0.0499. The van der Waals surface area contributed by atoms with E-state index in [-0.39, 0.29) is 28.7 Å². The number of carbonyl (C=O) groups excluding carboxylic acids is 1. The summed E-state index contributed by atoms with van der Waals surface area (Å²) in [6.45, 7) is 0. The zero-order chi connectivity index (χ0) is 13.1. The number of pyridine rings is 1. The number of nitrogens with two attached hydrogens (primary N) is 1. The SMILES string of the molecule is NC(=O)C1CCC(Nc2ncc(Cl)cc2F)CC1. The van der Waals surface area contributed by atoms with Crippen LogP contribution < -0.4 is 11.1 Å². The van der Waals surface area contributed by atoms with Crippen LogP contribution in [0.15, 0.2) is 12.3 Å². The molecule has 1 heterocycles. The van der Waals surface area contributed by atoms with Crippen molar-refractivity contribution in [2.24, 2.45) is 11.7 Å². The summed E-state index contributed by atoms with van der Waals surface area (Å²) >= 11 is 5.63. The molecule has 3 N–H and O–H groups in total. The number of nitrogens with one attached hydrogen (secondary N) is 1. The monoisotopic (exact) mass is 271 g/mol. The van der Waals surface area contributed by atoms with Crippen molar-refractivity contribution in [3.63, 3.8) is 0 Å². The number of hydrogen-bond donors (Lipinski definition) is 2. The molecule has 1 aromatic heterocycles. The first-order valence-corrected chi connectivity index (χ1v) is 6.31. The molecule has 2 rings (SSSR count). The molecular weight excluding hydrogens is 257 g/mol. The second-order valence-electron chi connectivity index (χ2n) is 4.58. The normalized spacial score (nSPS) is 23.7. The molecule has 0 radical (unpaired) electrons. The number of amides is 1. The molecule has 0 atom stereocenters. The molecule has 98 valence electrons. The van der Waals surface area contributed by atoms with Crippen molar-refractivity contribution in [1.29, 1.82) is 0 Å². The molecule has 1 fully saturated rings. The van der Waals surface area contributed by atoms with Gasteiger partial charge in [0.1, 0.15) is 0 Å². The summed E-state index contributed by atoms with van der Waals surface area (Å²) in [7, 11) is 0. The van der Waals surface area contributed by atoms with Gasteiger partial charge < -0.3 is 11.1 Å². The molecule has 1 aliphatic carbocycles. The fourth-order valence-corrected chi connectivity index (χ4v) is 2.38. The minimum atomic E-state index is -0.459. The Balaban J connectivity index is 1.93. The third-order valence-corrected chi connectivity index (χ3v) is 3.48. The van der Waals surface area contributed by atoms with E-state index >= 15 is 0 Å². The maximum absolute atomic E-state index is 13.5. The summed E-state index contributed by atoms with van der Waals surface area (Å²) in [4.78, 5) is 14.9. The highest BCUT2D eigenvalue weighted by Gasteiger charge is 2.25. The first-order valence-electron chi connectivity index (χ1n) is 5.93. The molecule has 1 saturated carbocycles. The van der Waals surface area contributed by atoms with Gasteiger partial charge in [-0.3, -0.25) is 4.79 Å². The summed E-state index contributed by atoms with van der Waals surface area (Å²) in [5, 5.41) is 3.31. The Kier molecular flexibility index (Phi) is 4.01. The molecule has 4 nitrogen and oxygen atoms in total. The summed E-state index contributed by atoms with van der Waals surface area (Å²) in [6.07, 6.45) is 4.46. The second kappa shape index (κ2) is 5.52. The van der Waals surface area contributed by atoms with Crippen LogP contribution in [0.4, 0.5) is 10.2 Å². The largest absolute Gasteiger partial charge is 0.369 e. The van der Waals surface area contributed by atoms with Gasteiger partial charge in [0, 0.05) is 18.2 Å². The first-order chi connectivity index (χ1) is 8.56. The predicted octanol–water partition coefficient (Wildman–Crippen LogP) is 2.33. The van der Waals surface area contributed by atoms with Gasteiger partial charge in [-0.05, 0) is 31.7 Å². The van der Waals surface area contributed by atoms with Gasteiger partial charge in [-0.1, -0.05) is 11.6 Å². The van der Waals surface area contributed by atoms with Gasteiger partial charge in [-0.25, -0.2) is 9.37 Å². The number of nitrogens with zero attached hydrogens (tertiary/aromatic N) is 1. The van der Waals surface area contributed by atoms with Crippen LogP contribution in [0.5, 0.6) is 0 Å². The van der Waals surface area contributed by atoms with Crippen molar-refractivity contribution in [1.82, 2.24) is 4.98 Å². The molecule has 0 bridgehead atoms. The number of anilines is 1. The Hall–Kier alpha value is -1.36. The highest BCUT2D eigenvalue weighted by Crippen LogP contribution is 2.27. The lowest BCUT2D eigenvalue weighted by molar-refractivity contribution is -0.122. The minimum Gasteiger partial charge on any atom is -0.369 e. The highest BCUT2D eigenvalue weighted by molar-refractivity contribution is 6.30. The molecule has 0 spiro atoms. The Morgan fingerprint density at radius 1 is 1.44 bits per heavy atom. The van der Waals surface area contributed by atoms with Crippen LogP contribution in [0.1, 0.15) is 25.7 Å². The van der Waals surface area contributed by atoms with E-state index in [0.29, 0.717) is 0 Å². The van der Waals surface area contributed by atoms with Crippen LogP contribution in [0, 0.1) is 11.7 Å². The Labute approximate surface area is 110 Å². The van der Waals surface area contributed by atoms with Crippen LogP contribution >= 0.6 is 11.6 Å². The van der Waals surface area contributed by atoms with Crippen LogP contribution in [-0.4, -0.2) is 16.9 Å². The van der Waals surface area contributed by atoms with Crippen LogP contribution in [0.3, 0.4) is 0 Å². The van der Waals surface area contributed by atoms with Gasteiger partial charge in [0.05, 0.1) is 5.02 Å². The maximum atomic E-state index is 13.5. The predicted molar refractivity (Wildman–Crippen MR) is 67.8 cm³/mol. The van der Waals surface area contributed by atoms with Crippen molar-refractivity contribution in [2.45, 2.75) is 31.7 Å². The summed E-state index contributed by atoms with van der Waals surface area (Å²) in [5.41, 5.74) is 5.26. The quantitative estimate of drug-likeness (QED) is 0.887. The van der Waals surface area contributed by atoms with Crippen LogP contribution in [0.2, 0.25) is 5.02 Å². The molecule has 0 saturated heterocycles. The molecule has 1 aliphatic rings. The van der Waals surface area contributed by atoms with Gasteiger partial charge in [0.25, 0.3) is 0 Å². The van der Waals surface area contributed by atoms with Crippen LogP contribution in [-0.2, 0) is 4.79 Å². The van der Waals surface area contributed by atoms with Gasteiger partial charge in [-0.2, -0.15) is 0 Å². The fraction of sp³-hybridized carbons (Fsp3) is 0.500. The Morgan fingerprint density at radius 2 is 2.11 bits per heavy atom. The van der Waals surface area contributed by atoms with E-state index in [9.17, 15) is 9.18 Å². The topological polar surface area (TPSA) is 68.0 Å². The smallest absolute Gasteiger partial charge is 0.220 e. The lowest BCUT2D eigenvalue weighted by atomic mass is 9.85. The van der Waals surface area contributed by atoms with Crippen molar-refractivity contribution < 1.29 is 9.18 Å². The number of hydrogen-bond acceptors (Lipinski definition) is 3. The summed E-state index contributed by atoms with van der Waals surface area (Å²) in [6, 6.07) is 1.36. The molecule has 0 aliphatic heterocycles. The molecule has 1 aromatic rings. The second-order valence-corrected chi connectivity index (χ2v) is 5.02. The van der Waals surface area contributed by atoms with E-state index < -0.39 is 5.82 Å². The molecule has 0 aromatic carbocycles. The van der Waals surface area contributed by atoms with Crippen molar-refractivity contribution in [3.8, 4) is 0 Å². The Bertz CT molecular complexity index is 447. The zero-order valence-corrected chi connectivity index (χ0v) is 10.6. The van der Waals surface area contributed by atoms with Crippen molar-refractivity contribution >= 4 is 23.3 Å². The molecular formula is C12H15ClFN3O. The van der Waals surface area contributed by atoms with Crippen molar-refractivity contribution in [3.05, 3.63) is 23.1 Å². The van der Waals surface area contributed by atoms with E-state index in [1.54, 1.807) is 0 Å². The van der Waals surface area contributed by atoms with E-state index in [0.717, 1.165) is 25.7 Å². The lowest BCUT2D eigenvalue weighted by Crippen LogP contribution is -2.32. The zero-order valence-electron chi connectivity index (χ0n) is 9.83. The molecule has 0 unspecified atom stereocenters. The average molecular weight is 272 g/mol. The third kappa shape index (κ3) is 3.10. The standard InChI is InChI=1S/C12H15ClFN3O/c13-8-5-10(14)12(16-6-8)17-9-3-1-7(2-4-9)11(15)18/h5-7,9H,1-4H2,(H2,15,18)(H,16,17). The van der Waals surface area contributed by atoms with Crippen molar-refractivity contribution in [2.75, 3.05) is 5.32 Å². The number of carbonyl (C=O) groups is 1. The lowest BCUT2D eigenvalue weighted by Gasteiger charge is -2.27. The Morgan fingerprint density at radius 3 is 2.67 bits per heavy atom. The van der Waals surface area contributed by atoms with Gasteiger partial charge >= 0.3 is 0 Å². The van der Waals surface area contributed by atoms with Gasteiger partial charge in [-0.15, -0.1) is 0 Å². The van der Waals surface area contributed by atoms with E-state index in [1.165, 1.54) is 12.3 Å². The number of primary amides is 1. The highest BCUT2D eigenvalue weighted by atomic mass is 35.5. The van der Waals surface area contributed by atoms with E-state index in [2.05, 4.69) is 10.3 Å². The fourth-order valence-electron chi connectivity index (χ4n) is 2.24. The number of aromatic nitrogens is 1. The maximum Gasteiger partial charge on any atom is 0.220 e. The number of rotatable bonds is 3. The molecule has 1 amide bonds. The number of halogens is 2. The van der Waals surface area contributed by atoms with Gasteiger partial charge in [0.2, 0.25) is 5.91 Å². The molecule has 18 heavy (non-hydrogen) atoms. The van der Waals surface area contributed by atoms with Crippen LogP contribution in [0.25, 0.3) is 0 Å². The summed E-state index contributed by atoms with van der Waals surface area (Å²) < 4.78 is 13.5. The third-order valence-electron chi connectivity index (χ3n) is 3.28. The van der Waals surface area contributed by atoms with E-state index in [4.69, 9.17) is 17.3 Å². The first kappa shape index (κ1) is 13.1.